The van der Waals surface area contributed by atoms with Crippen molar-refractivity contribution in [2.45, 2.75) is 52.9 Å². The van der Waals surface area contributed by atoms with Crippen LogP contribution in [0.1, 0.15) is 51.7 Å². The molecule has 0 spiro atoms. The van der Waals surface area contributed by atoms with Crippen LogP contribution in [-0.4, -0.2) is 0 Å². The Hall–Kier alpha value is -0.780. The standard InChI is InChI=1S/C16H24/c1-12-6-8-14(9-7-12)16(10-13(16)2)11-15(3,4)5/h6-9,13H,10-11H2,1-5H3. The molecule has 16 heavy (non-hydrogen) atoms. The third-order valence-corrected chi connectivity index (χ3v) is 3.93. The Morgan fingerprint density at radius 2 is 1.69 bits per heavy atom. The molecule has 0 nitrogen and oxygen atoms in total. The molecule has 1 aliphatic rings. The minimum Gasteiger partial charge on any atom is -0.0616 e. The van der Waals surface area contributed by atoms with Crippen molar-refractivity contribution in [3.05, 3.63) is 35.4 Å². The molecule has 1 fully saturated rings. The maximum Gasteiger partial charge on any atom is -0.00132 e. The van der Waals surface area contributed by atoms with Gasteiger partial charge in [-0.1, -0.05) is 57.5 Å². The fourth-order valence-corrected chi connectivity index (χ4v) is 3.07. The lowest BCUT2D eigenvalue weighted by Crippen LogP contribution is -2.19. The van der Waals surface area contributed by atoms with Gasteiger partial charge in [0.25, 0.3) is 0 Å². The first-order chi connectivity index (χ1) is 7.33. The summed E-state index contributed by atoms with van der Waals surface area (Å²) in [6, 6.07) is 9.19. The van der Waals surface area contributed by atoms with Crippen LogP contribution >= 0.6 is 0 Å². The molecule has 0 bridgehead atoms. The highest BCUT2D eigenvalue weighted by molar-refractivity contribution is 5.35. The molecule has 0 saturated heterocycles. The second-order valence-corrected chi connectivity index (χ2v) is 6.86. The van der Waals surface area contributed by atoms with Crippen molar-refractivity contribution in [3.8, 4) is 0 Å². The molecule has 0 amide bonds. The molecule has 1 aromatic rings. The minimum absolute atomic E-state index is 0.426. The second kappa shape index (κ2) is 3.61. The molecule has 2 rings (SSSR count). The van der Waals surface area contributed by atoms with Crippen LogP contribution in [0.15, 0.2) is 24.3 Å². The highest BCUT2D eigenvalue weighted by Crippen LogP contribution is 2.59. The number of hydrogen-bond acceptors (Lipinski definition) is 0. The number of hydrogen-bond donors (Lipinski definition) is 0. The summed E-state index contributed by atoms with van der Waals surface area (Å²) in [6.07, 6.45) is 2.68. The van der Waals surface area contributed by atoms with Crippen molar-refractivity contribution < 1.29 is 0 Å². The summed E-state index contributed by atoms with van der Waals surface area (Å²) in [5, 5.41) is 0. The monoisotopic (exact) mass is 216 g/mol. The zero-order chi connectivity index (χ0) is 12.0. The van der Waals surface area contributed by atoms with E-state index in [0.29, 0.717) is 10.8 Å². The Bertz CT molecular complexity index is 366. The molecule has 88 valence electrons. The zero-order valence-corrected chi connectivity index (χ0v) is 11.3. The summed E-state index contributed by atoms with van der Waals surface area (Å²) < 4.78 is 0. The first-order valence-corrected chi connectivity index (χ1v) is 6.41. The van der Waals surface area contributed by atoms with Crippen molar-refractivity contribution in [3.63, 3.8) is 0 Å². The molecular formula is C16H24. The second-order valence-electron chi connectivity index (χ2n) is 6.86. The summed E-state index contributed by atoms with van der Waals surface area (Å²) in [6.45, 7) is 11.6. The van der Waals surface area contributed by atoms with Crippen LogP contribution in [0, 0.1) is 18.3 Å². The van der Waals surface area contributed by atoms with Gasteiger partial charge in [-0.05, 0) is 42.1 Å². The summed E-state index contributed by atoms with van der Waals surface area (Å²) >= 11 is 0. The predicted molar refractivity (Wildman–Crippen MR) is 70.7 cm³/mol. The van der Waals surface area contributed by atoms with Crippen molar-refractivity contribution in [2.75, 3.05) is 0 Å². The Morgan fingerprint density at radius 1 is 1.19 bits per heavy atom. The van der Waals surface area contributed by atoms with Gasteiger partial charge < -0.3 is 0 Å². The molecule has 0 heterocycles. The lowest BCUT2D eigenvalue weighted by molar-refractivity contribution is 0.318. The van der Waals surface area contributed by atoms with E-state index in [1.165, 1.54) is 18.4 Å². The molecule has 1 saturated carbocycles. The van der Waals surface area contributed by atoms with Crippen molar-refractivity contribution in [1.29, 1.82) is 0 Å². The van der Waals surface area contributed by atoms with Gasteiger partial charge in [0.2, 0.25) is 0 Å². The quantitative estimate of drug-likeness (QED) is 0.671. The lowest BCUT2D eigenvalue weighted by atomic mass is 9.78. The topological polar surface area (TPSA) is 0 Å². The molecule has 0 aliphatic heterocycles. The van der Waals surface area contributed by atoms with E-state index in [0.717, 1.165) is 5.92 Å². The molecule has 0 aromatic heterocycles. The van der Waals surface area contributed by atoms with Crippen molar-refractivity contribution >= 4 is 0 Å². The predicted octanol–water partition coefficient (Wildman–Crippen LogP) is 4.71. The van der Waals surface area contributed by atoms with Crippen LogP contribution in [0.5, 0.6) is 0 Å². The van der Waals surface area contributed by atoms with Crippen LogP contribution in [0.3, 0.4) is 0 Å². The third-order valence-electron chi connectivity index (χ3n) is 3.93. The Balaban J connectivity index is 2.26. The third kappa shape index (κ3) is 2.16. The SMILES string of the molecule is Cc1ccc(C2(CC(C)(C)C)CC2C)cc1. The highest BCUT2D eigenvalue weighted by Gasteiger charge is 2.53. The fourth-order valence-electron chi connectivity index (χ4n) is 3.07. The number of aryl methyl sites for hydroxylation is 1. The first-order valence-electron chi connectivity index (χ1n) is 6.41. The molecule has 2 atom stereocenters. The Labute approximate surface area is 100 Å². The van der Waals surface area contributed by atoms with Crippen LogP contribution in [-0.2, 0) is 5.41 Å². The van der Waals surface area contributed by atoms with Gasteiger partial charge in [-0.2, -0.15) is 0 Å². The maximum atomic E-state index is 2.39. The Morgan fingerprint density at radius 3 is 2.06 bits per heavy atom. The number of benzene rings is 1. The van der Waals surface area contributed by atoms with Gasteiger partial charge in [0, 0.05) is 0 Å². The largest absolute Gasteiger partial charge is 0.0616 e. The van der Waals surface area contributed by atoms with E-state index in [1.54, 1.807) is 5.56 Å². The fraction of sp³-hybridized carbons (Fsp3) is 0.625. The van der Waals surface area contributed by atoms with Gasteiger partial charge in [0.05, 0.1) is 0 Å². The van der Waals surface area contributed by atoms with Gasteiger partial charge in [-0.25, -0.2) is 0 Å². The van der Waals surface area contributed by atoms with Crippen LogP contribution in [0.4, 0.5) is 0 Å². The first kappa shape index (κ1) is 11.7. The molecule has 1 aromatic carbocycles. The summed E-state index contributed by atoms with van der Waals surface area (Å²) in [7, 11) is 0. The minimum atomic E-state index is 0.426. The van der Waals surface area contributed by atoms with E-state index in [1.807, 2.05) is 0 Å². The Kier molecular flexibility index (Phi) is 2.64. The van der Waals surface area contributed by atoms with E-state index >= 15 is 0 Å². The normalized spacial score (nSPS) is 29.2. The highest BCUT2D eigenvalue weighted by atomic mass is 14.6. The summed E-state index contributed by atoms with van der Waals surface area (Å²) in [5.74, 6) is 0.856. The van der Waals surface area contributed by atoms with E-state index < -0.39 is 0 Å². The molecule has 0 heteroatoms. The summed E-state index contributed by atoms with van der Waals surface area (Å²) in [5.41, 5.74) is 3.82. The molecule has 2 unspecified atom stereocenters. The van der Waals surface area contributed by atoms with Crippen LogP contribution in [0.25, 0.3) is 0 Å². The maximum absolute atomic E-state index is 2.39. The lowest BCUT2D eigenvalue weighted by Gasteiger charge is -2.27. The average Bonchev–Trinajstić information content (AvgIpc) is 2.75. The van der Waals surface area contributed by atoms with Crippen molar-refractivity contribution in [1.82, 2.24) is 0 Å². The summed E-state index contributed by atoms with van der Waals surface area (Å²) in [4.78, 5) is 0. The molecule has 1 aliphatic carbocycles. The van der Waals surface area contributed by atoms with Gasteiger partial charge in [-0.15, -0.1) is 0 Å². The van der Waals surface area contributed by atoms with Gasteiger partial charge in [0.15, 0.2) is 0 Å². The average molecular weight is 216 g/mol. The van der Waals surface area contributed by atoms with Crippen LogP contribution in [0.2, 0.25) is 0 Å². The molecular weight excluding hydrogens is 192 g/mol. The van der Waals surface area contributed by atoms with Crippen molar-refractivity contribution in [2.24, 2.45) is 11.3 Å². The van der Waals surface area contributed by atoms with E-state index in [4.69, 9.17) is 0 Å². The van der Waals surface area contributed by atoms with E-state index in [2.05, 4.69) is 58.9 Å². The molecule has 0 radical (unpaired) electrons. The zero-order valence-electron chi connectivity index (χ0n) is 11.3. The van der Waals surface area contributed by atoms with Crippen LogP contribution < -0.4 is 0 Å². The van der Waals surface area contributed by atoms with Gasteiger partial charge >= 0.3 is 0 Å². The smallest absolute Gasteiger partial charge is 0.00132 e. The van der Waals surface area contributed by atoms with E-state index in [9.17, 15) is 0 Å². The van der Waals surface area contributed by atoms with E-state index in [-0.39, 0.29) is 0 Å². The van der Waals surface area contributed by atoms with Gasteiger partial charge in [-0.3, -0.25) is 0 Å². The van der Waals surface area contributed by atoms with Gasteiger partial charge in [0.1, 0.15) is 0 Å². The molecule has 0 N–H and O–H groups in total. The number of rotatable bonds is 2.